The smallest absolute Gasteiger partial charge is 0.416 e. The SMILES string of the molecule is COc1ccc(S(=O)(=O)N(c2ccc(C(F)(F)F)cc2)C2CCN(C3CCCCC3=O)CC2)cc1. The van der Waals surface area contributed by atoms with Gasteiger partial charge < -0.3 is 4.74 Å². The van der Waals surface area contributed by atoms with Crippen LogP contribution in [0.5, 0.6) is 5.75 Å². The number of alkyl halides is 3. The summed E-state index contributed by atoms with van der Waals surface area (Å²) in [6, 6.07) is 9.59. The molecule has 1 unspecified atom stereocenters. The van der Waals surface area contributed by atoms with Gasteiger partial charge in [-0.25, -0.2) is 8.42 Å². The number of nitrogens with zero attached hydrogens (tertiary/aromatic N) is 2. The molecule has 0 spiro atoms. The maximum absolute atomic E-state index is 13.7. The van der Waals surface area contributed by atoms with Crippen molar-refractivity contribution in [2.24, 2.45) is 0 Å². The largest absolute Gasteiger partial charge is 0.497 e. The first kappa shape index (κ1) is 25.5. The third-order valence-electron chi connectivity index (χ3n) is 6.86. The highest BCUT2D eigenvalue weighted by atomic mass is 32.2. The van der Waals surface area contributed by atoms with E-state index in [4.69, 9.17) is 4.74 Å². The Kier molecular flexibility index (Phi) is 7.42. The van der Waals surface area contributed by atoms with E-state index in [2.05, 4.69) is 4.90 Å². The zero-order chi connectivity index (χ0) is 25.2. The van der Waals surface area contributed by atoms with Gasteiger partial charge in [-0.15, -0.1) is 0 Å². The molecule has 0 radical (unpaired) electrons. The quantitative estimate of drug-likeness (QED) is 0.554. The van der Waals surface area contributed by atoms with Gasteiger partial charge in [-0.2, -0.15) is 13.2 Å². The van der Waals surface area contributed by atoms with Gasteiger partial charge in [0.2, 0.25) is 0 Å². The van der Waals surface area contributed by atoms with Gasteiger partial charge in [-0.1, -0.05) is 6.42 Å². The van der Waals surface area contributed by atoms with Crippen molar-refractivity contribution in [2.75, 3.05) is 24.5 Å². The van der Waals surface area contributed by atoms with Crippen LogP contribution in [-0.4, -0.2) is 51.4 Å². The van der Waals surface area contributed by atoms with Crippen LogP contribution in [0.1, 0.15) is 44.1 Å². The molecule has 2 aromatic rings. The molecule has 1 saturated carbocycles. The summed E-state index contributed by atoms with van der Waals surface area (Å²) in [6.45, 7) is 1.10. The van der Waals surface area contributed by atoms with Gasteiger partial charge in [-0.05, 0) is 74.2 Å². The number of methoxy groups -OCH3 is 1. The lowest BCUT2D eigenvalue weighted by molar-refractivity contribution is -0.137. The molecule has 1 heterocycles. The molecule has 1 aliphatic carbocycles. The Morgan fingerprint density at radius 2 is 1.57 bits per heavy atom. The maximum Gasteiger partial charge on any atom is 0.416 e. The maximum atomic E-state index is 13.7. The van der Waals surface area contributed by atoms with Crippen molar-refractivity contribution in [3.05, 3.63) is 54.1 Å². The van der Waals surface area contributed by atoms with Crippen molar-refractivity contribution >= 4 is 21.5 Å². The Morgan fingerprint density at radius 3 is 2.11 bits per heavy atom. The average Bonchev–Trinajstić information content (AvgIpc) is 2.85. The van der Waals surface area contributed by atoms with Gasteiger partial charge in [0, 0.05) is 25.6 Å². The molecule has 2 fully saturated rings. The number of hydrogen-bond acceptors (Lipinski definition) is 5. The van der Waals surface area contributed by atoms with Gasteiger partial charge >= 0.3 is 6.18 Å². The first-order valence-corrected chi connectivity index (χ1v) is 13.2. The molecule has 2 aliphatic rings. The molecule has 35 heavy (non-hydrogen) atoms. The van der Waals surface area contributed by atoms with E-state index in [0.717, 1.165) is 31.4 Å². The number of rotatable bonds is 6. The number of halogens is 3. The van der Waals surface area contributed by atoms with Gasteiger partial charge in [-0.3, -0.25) is 14.0 Å². The van der Waals surface area contributed by atoms with Crippen LogP contribution < -0.4 is 9.04 Å². The second kappa shape index (κ2) is 10.2. The number of ketones is 1. The Hall–Kier alpha value is -2.59. The van der Waals surface area contributed by atoms with Crippen molar-refractivity contribution in [2.45, 2.75) is 61.7 Å². The van der Waals surface area contributed by atoms with Crippen molar-refractivity contribution < 1.29 is 31.1 Å². The summed E-state index contributed by atoms with van der Waals surface area (Å²) in [5.41, 5.74) is -0.658. The summed E-state index contributed by atoms with van der Waals surface area (Å²) >= 11 is 0. The average molecular weight is 511 g/mol. The van der Waals surface area contributed by atoms with Crippen LogP contribution in [-0.2, 0) is 21.0 Å². The number of carbonyl (C=O) groups excluding carboxylic acids is 1. The Morgan fingerprint density at radius 1 is 0.943 bits per heavy atom. The van der Waals surface area contributed by atoms with E-state index < -0.39 is 27.8 Å². The number of hydrogen-bond donors (Lipinski definition) is 0. The van der Waals surface area contributed by atoms with E-state index in [9.17, 15) is 26.4 Å². The summed E-state index contributed by atoms with van der Waals surface area (Å²) in [5.74, 6) is 0.732. The summed E-state index contributed by atoms with van der Waals surface area (Å²) in [5, 5.41) is 0. The predicted molar refractivity (Wildman–Crippen MR) is 126 cm³/mol. The minimum atomic E-state index is -4.52. The molecule has 1 atom stereocenters. The monoisotopic (exact) mass is 510 g/mol. The predicted octanol–water partition coefficient (Wildman–Crippen LogP) is 4.89. The minimum absolute atomic E-state index is 0.0306. The summed E-state index contributed by atoms with van der Waals surface area (Å²) in [4.78, 5) is 14.5. The summed E-state index contributed by atoms with van der Waals surface area (Å²) in [6.07, 6.45) is -0.270. The lowest BCUT2D eigenvalue weighted by Gasteiger charge is -2.42. The van der Waals surface area contributed by atoms with Crippen molar-refractivity contribution in [1.29, 1.82) is 0 Å². The number of carbonyl (C=O) groups is 1. The van der Waals surface area contributed by atoms with E-state index in [0.29, 0.717) is 38.1 Å². The van der Waals surface area contributed by atoms with Crippen LogP contribution in [0.3, 0.4) is 0 Å². The molecule has 0 bridgehead atoms. The van der Waals surface area contributed by atoms with Gasteiger partial charge in [0.25, 0.3) is 10.0 Å². The number of anilines is 1. The number of Topliss-reactive ketones (excluding diaryl/α,β-unsaturated/α-hetero) is 1. The highest BCUT2D eigenvalue weighted by molar-refractivity contribution is 7.92. The van der Waals surface area contributed by atoms with E-state index in [1.165, 1.54) is 47.8 Å². The fourth-order valence-corrected chi connectivity index (χ4v) is 6.70. The molecule has 6 nitrogen and oxygen atoms in total. The second-order valence-corrected chi connectivity index (χ2v) is 10.8. The molecular weight excluding hydrogens is 481 g/mol. The molecule has 0 amide bonds. The molecule has 0 aromatic heterocycles. The van der Waals surface area contributed by atoms with Crippen LogP contribution in [0.25, 0.3) is 0 Å². The molecular formula is C25H29F3N2O4S. The molecule has 2 aromatic carbocycles. The van der Waals surface area contributed by atoms with E-state index >= 15 is 0 Å². The van der Waals surface area contributed by atoms with Crippen molar-refractivity contribution in [1.82, 2.24) is 4.90 Å². The third kappa shape index (κ3) is 5.48. The van der Waals surface area contributed by atoms with Gasteiger partial charge in [0.05, 0.1) is 29.3 Å². The topological polar surface area (TPSA) is 66.9 Å². The third-order valence-corrected chi connectivity index (χ3v) is 8.75. The summed E-state index contributed by atoms with van der Waals surface area (Å²) < 4.78 is 73.2. The number of likely N-dealkylation sites (tertiary alicyclic amines) is 1. The molecule has 1 aliphatic heterocycles. The zero-order valence-corrected chi connectivity index (χ0v) is 20.3. The van der Waals surface area contributed by atoms with Crippen molar-refractivity contribution in [3.8, 4) is 5.75 Å². The van der Waals surface area contributed by atoms with E-state index in [1.807, 2.05) is 0 Å². The normalized spacial score (nSPS) is 20.6. The van der Waals surface area contributed by atoms with Crippen LogP contribution >= 0.6 is 0 Å². The highest BCUT2D eigenvalue weighted by Gasteiger charge is 2.38. The fraction of sp³-hybridized carbons (Fsp3) is 0.480. The summed E-state index contributed by atoms with van der Waals surface area (Å²) in [7, 11) is -2.59. The molecule has 1 saturated heterocycles. The Labute approximate surface area is 203 Å². The van der Waals surface area contributed by atoms with E-state index in [1.54, 1.807) is 0 Å². The molecule has 0 N–H and O–H groups in total. The minimum Gasteiger partial charge on any atom is -0.497 e. The highest BCUT2D eigenvalue weighted by Crippen LogP contribution is 2.35. The van der Waals surface area contributed by atoms with E-state index in [-0.39, 0.29) is 22.4 Å². The van der Waals surface area contributed by atoms with Crippen LogP contribution in [0.4, 0.5) is 18.9 Å². The molecule has 4 rings (SSSR count). The number of ether oxygens (including phenoxy) is 1. The first-order valence-electron chi connectivity index (χ1n) is 11.7. The zero-order valence-electron chi connectivity index (χ0n) is 19.5. The fourth-order valence-electron chi connectivity index (χ4n) is 4.99. The first-order chi connectivity index (χ1) is 16.6. The lowest BCUT2D eigenvalue weighted by Crippen LogP contribution is -2.52. The second-order valence-electron chi connectivity index (χ2n) is 9.02. The Bertz CT molecular complexity index is 1130. The number of piperidine rings is 1. The van der Waals surface area contributed by atoms with Gasteiger partial charge in [0.15, 0.2) is 0 Å². The lowest BCUT2D eigenvalue weighted by atomic mass is 9.91. The molecule has 10 heteroatoms. The standard InChI is InChI=1S/C25H29F3N2O4S/c1-34-21-10-12-22(13-11-21)35(32,33)30(19-8-6-18(7-9-19)25(26,27)28)20-14-16-29(17-15-20)23-4-2-3-5-24(23)31/h6-13,20,23H,2-5,14-17H2,1H3. The molecule has 190 valence electrons. The van der Waals surface area contributed by atoms with Crippen LogP contribution in [0, 0.1) is 0 Å². The van der Waals surface area contributed by atoms with Gasteiger partial charge in [0.1, 0.15) is 11.5 Å². The van der Waals surface area contributed by atoms with Crippen LogP contribution in [0.15, 0.2) is 53.4 Å². The van der Waals surface area contributed by atoms with Crippen LogP contribution in [0.2, 0.25) is 0 Å². The van der Waals surface area contributed by atoms with Crippen molar-refractivity contribution in [3.63, 3.8) is 0 Å². The number of sulfonamides is 1. The number of benzene rings is 2. The Balaban J connectivity index is 1.63.